The highest BCUT2D eigenvalue weighted by Gasteiger charge is 2.24. The standard InChI is InChI=1S/C18H27FN2O3/c1-3-23-13-15-7-6-10-21(11-15)18(22)20-14(2)12-24-17-9-5-4-8-16(17)19/h4-5,8-9,14-15H,3,6-7,10-13H2,1-2H3,(H,20,22)/t14-,15-/m1/s1. The van der Waals surface area contributed by atoms with E-state index in [0.29, 0.717) is 25.7 Å². The number of nitrogens with one attached hydrogen (secondary N) is 1. The Morgan fingerprint density at radius 1 is 1.46 bits per heavy atom. The van der Waals surface area contributed by atoms with Gasteiger partial charge in [0.05, 0.1) is 12.6 Å². The number of rotatable bonds is 7. The smallest absolute Gasteiger partial charge is 0.317 e. The number of nitrogens with zero attached hydrogens (tertiary/aromatic N) is 1. The van der Waals surface area contributed by atoms with Gasteiger partial charge in [0.1, 0.15) is 6.61 Å². The minimum absolute atomic E-state index is 0.0965. The number of hydrogen-bond acceptors (Lipinski definition) is 3. The van der Waals surface area contributed by atoms with Crippen LogP contribution in [0.3, 0.4) is 0 Å². The highest BCUT2D eigenvalue weighted by Crippen LogP contribution is 2.17. The van der Waals surface area contributed by atoms with Crippen molar-refractivity contribution in [2.75, 3.05) is 32.9 Å². The van der Waals surface area contributed by atoms with Crippen molar-refractivity contribution in [2.45, 2.75) is 32.7 Å². The molecule has 5 nitrogen and oxygen atoms in total. The molecule has 0 aliphatic carbocycles. The van der Waals surface area contributed by atoms with Gasteiger partial charge >= 0.3 is 6.03 Å². The molecule has 1 heterocycles. The van der Waals surface area contributed by atoms with Crippen molar-refractivity contribution >= 4 is 6.03 Å². The summed E-state index contributed by atoms with van der Waals surface area (Å²) in [7, 11) is 0. The minimum atomic E-state index is -0.397. The summed E-state index contributed by atoms with van der Waals surface area (Å²) in [6, 6.07) is 5.96. The van der Waals surface area contributed by atoms with Gasteiger partial charge in [-0.2, -0.15) is 0 Å². The zero-order chi connectivity index (χ0) is 17.4. The lowest BCUT2D eigenvalue weighted by molar-refractivity contribution is 0.0748. The third-order valence-electron chi connectivity index (χ3n) is 4.06. The van der Waals surface area contributed by atoms with Gasteiger partial charge in [0.15, 0.2) is 11.6 Å². The largest absolute Gasteiger partial charge is 0.488 e. The van der Waals surface area contributed by atoms with E-state index in [4.69, 9.17) is 9.47 Å². The first-order chi connectivity index (χ1) is 11.6. The second-order valence-corrected chi connectivity index (χ2v) is 6.21. The number of piperidine rings is 1. The van der Waals surface area contributed by atoms with Crippen LogP contribution in [0.25, 0.3) is 0 Å². The molecule has 134 valence electrons. The maximum Gasteiger partial charge on any atom is 0.317 e. The van der Waals surface area contributed by atoms with Crippen LogP contribution in [-0.4, -0.2) is 49.9 Å². The van der Waals surface area contributed by atoms with Crippen LogP contribution in [0.15, 0.2) is 24.3 Å². The van der Waals surface area contributed by atoms with Crippen LogP contribution in [0.4, 0.5) is 9.18 Å². The molecule has 2 rings (SSSR count). The van der Waals surface area contributed by atoms with Gasteiger partial charge in [-0.05, 0) is 38.8 Å². The molecule has 1 aromatic carbocycles. The van der Waals surface area contributed by atoms with Crippen molar-refractivity contribution in [3.63, 3.8) is 0 Å². The van der Waals surface area contributed by atoms with E-state index in [1.807, 2.05) is 18.7 Å². The predicted molar refractivity (Wildman–Crippen MR) is 90.7 cm³/mol. The van der Waals surface area contributed by atoms with Crippen molar-refractivity contribution in [3.05, 3.63) is 30.1 Å². The first-order valence-corrected chi connectivity index (χ1v) is 8.60. The molecule has 0 unspecified atom stereocenters. The zero-order valence-corrected chi connectivity index (χ0v) is 14.5. The molecular weight excluding hydrogens is 311 g/mol. The van der Waals surface area contributed by atoms with Crippen LogP contribution in [0.5, 0.6) is 5.75 Å². The molecule has 0 saturated carbocycles. The summed E-state index contributed by atoms with van der Waals surface area (Å²) in [5.74, 6) is 0.202. The van der Waals surface area contributed by atoms with Crippen molar-refractivity contribution in [1.29, 1.82) is 0 Å². The van der Waals surface area contributed by atoms with E-state index < -0.39 is 5.82 Å². The Bertz CT molecular complexity index is 527. The molecule has 1 aliphatic rings. The Morgan fingerprint density at radius 2 is 2.25 bits per heavy atom. The van der Waals surface area contributed by atoms with Gasteiger partial charge in [-0.1, -0.05) is 12.1 Å². The van der Waals surface area contributed by atoms with E-state index in [-0.39, 0.29) is 24.4 Å². The highest BCUT2D eigenvalue weighted by molar-refractivity contribution is 5.74. The average molecular weight is 338 g/mol. The van der Waals surface area contributed by atoms with Crippen LogP contribution in [-0.2, 0) is 4.74 Å². The van der Waals surface area contributed by atoms with Gasteiger partial charge in [-0.3, -0.25) is 0 Å². The van der Waals surface area contributed by atoms with Gasteiger partial charge < -0.3 is 19.7 Å². The Hall–Kier alpha value is -1.82. The Morgan fingerprint density at radius 3 is 3.00 bits per heavy atom. The number of carbonyl (C=O) groups excluding carboxylic acids is 1. The molecule has 0 spiro atoms. The Kier molecular flexibility index (Phi) is 7.31. The number of halogens is 1. The molecule has 2 atom stereocenters. The lowest BCUT2D eigenvalue weighted by Gasteiger charge is -2.33. The third kappa shape index (κ3) is 5.67. The maximum absolute atomic E-state index is 13.5. The summed E-state index contributed by atoms with van der Waals surface area (Å²) in [5, 5.41) is 2.91. The van der Waals surface area contributed by atoms with Gasteiger partial charge in [-0.25, -0.2) is 9.18 Å². The van der Waals surface area contributed by atoms with E-state index in [1.54, 1.807) is 18.2 Å². The highest BCUT2D eigenvalue weighted by atomic mass is 19.1. The van der Waals surface area contributed by atoms with E-state index >= 15 is 0 Å². The molecule has 24 heavy (non-hydrogen) atoms. The van der Waals surface area contributed by atoms with E-state index in [0.717, 1.165) is 19.4 Å². The van der Waals surface area contributed by atoms with Crippen LogP contribution >= 0.6 is 0 Å². The monoisotopic (exact) mass is 338 g/mol. The molecular formula is C18H27FN2O3. The number of hydrogen-bond donors (Lipinski definition) is 1. The minimum Gasteiger partial charge on any atom is -0.488 e. The van der Waals surface area contributed by atoms with Crippen LogP contribution < -0.4 is 10.1 Å². The van der Waals surface area contributed by atoms with Crippen LogP contribution in [0, 0.1) is 11.7 Å². The number of carbonyl (C=O) groups is 1. The summed E-state index contributed by atoms with van der Waals surface area (Å²) in [6.45, 7) is 6.93. The maximum atomic E-state index is 13.5. The summed E-state index contributed by atoms with van der Waals surface area (Å²) in [6.07, 6.45) is 2.08. The average Bonchev–Trinajstić information content (AvgIpc) is 2.59. The summed E-state index contributed by atoms with van der Waals surface area (Å²) in [4.78, 5) is 14.2. The molecule has 1 aliphatic heterocycles. The topological polar surface area (TPSA) is 50.8 Å². The van der Waals surface area contributed by atoms with Gasteiger partial charge in [0.2, 0.25) is 0 Å². The molecule has 2 amide bonds. The number of amides is 2. The fraction of sp³-hybridized carbons (Fsp3) is 0.611. The summed E-state index contributed by atoms with van der Waals surface area (Å²) in [5.41, 5.74) is 0. The fourth-order valence-corrected chi connectivity index (χ4v) is 2.79. The lowest BCUT2D eigenvalue weighted by atomic mass is 9.99. The molecule has 1 saturated heterocycles. The quantitative estimate of drug-likeness (QED) is 0.831. The molecule has 0 radical (unpaired) electrons. The first-order valence-electron chi connectivity index (χ1n) is 8.60. The third-order valence-corrected chi connectivity index (χ3v) is 4.06. The number of benzene rings is 1. The number of urea groups is 1. The Balaban J connectivity index is 1.75. The van der Waals surface area contributed by atoms with Crippen molar-refractivity contribution in [2.24, 2.45) is 5.92 Å². The van der Waals surface area contributed by atoms with E-state index in [1.165, 1.54) is 6.07 Å². The van der Waals surface area contributed by atoms with Crippen molar-refractivity contribution in [3.8, 4) is 5.75 Å². The second-order valence-electron chi connectivity index (χ2n) is 6.21. The van der Waals surface area contributed by atoms with E-state index in [9.17, 15) is 9.18 Å². The Labute approximate surface area is 143 Å². The zero-order valence-electron chi connectivity index (χ0n) is 14.5. The molecule has 0 bridgehead atoms. The van der Waals surface area contributed by atoms with Gasteiger partial charge in [0, 0.05) is 25.6 Å². The van der Waals surface area contributed by atoms with E-state index in [2.05, 4.69) is 5.32 Å². The molecule has 1 N–H and O–H groups in total. The number of ether oxygens (including phenoxy) is 2. The van der Waals surface area contributed by atoms with Crippen LogP contribution in [0.1, 0.15) is 26.7 Å². The lowest BCUT2D eigenvalue weighted by Crippen LogP contribution is -2.49. The molecule has 1 fully saturated rings. The SMILES string of the molecule is CCOC[C@@H]1CCCN(C(=O)N[C@H](C)COc2ccccc2F)C1. The normalized spacial score (nSPS) is 19.0. The molecule has 0 aromatic heterocycles. The molecule has 6 heteroatoms. The van der Waals surface area contributed by atoms with Crippen LogP contribution in [0.2, 0.25) is 0 Å². The second kappa shape index (κ2) is 9.47. The fourth-order valence-electron chi connectivity index (χ4n) is 2.79. The number of likely N-dealkylation sites (tertiary alicyclic amines) is 1. The van der Waals surface area contributed by atoms with Gasteiger partial charge in [-0.15, -0.1) is 0 Å². The molecule has 1 aromatic rings. The first kappa shape index (κ1) is 18.5. The summed E-state index contributed by atoms with van der Waals surface area (Å²) >= 11 is 0. The van der Waals surface area contributed by atoms with Crippen molar-refractivity contribution < 1.29 is 18.7 Å². The summed E-state index contributed by atoms with van der Waals surface area (Å²) < 4.78 is 24.4. The van der Waals surface area contributed by atoms with Gasteiger partial charge in [0.25, 0.3) is 0 Å². The van der Waals surface area contributed by atoms with Crippen molar-refractivity contribution in [1.82, 2.24) is 10.2 Å². The number of para-hydroxylation sites is 1. The predicted octanol–water partition coefficient (Wildman–Crippen LogP) is 3.05.